The average molecular weight is 399 g/mol. The van der Waals surface area contributed by atoms with Crippen LogP contribution in [0.4, 0.5) is 0 Å². The molecule has 1 amide bonds. The highest BCUT2D eigenvalue weighted by molar-refractivity contribution is 6.54. The van der Waals surface area contributed by atoms with Gasteiger partial charge in [0.15, 0.2) is 0 Å². The first-order valence-corrected chi connectivity index (χ1v) is 8.61. The van der Waals surface area contributed by atoms with Crippen molar-refractivity contribution in [2.24, 2.45) is 0 Å². The molecule has 2 atom stereocenters. The fourth-order valence-electron chi connectivity index (χ4n) is 2.98. The van der Waals surface area contributed by atoms with Crippen molar-refractivity contribution in [1.82, 2.24) is 4.90 Å². The lowest BCUT2D eigenvalue weighted by Gasteiger charge is -2.39. The van der Waals surface area contributed by atoms with Crippen molar-refractivity contribution in [2.45, 2.75) is 45.2 Å². The summed E-state index contributed by atoms with van der Waals surface area (Å²) in [6.07, 6.45) is 2.68. The Hall–Kier alpha value is -0.680. The predicted molar refractivity (Wildman–Crippen MR) is 92.4 cm³/mol. The number of benzene rings is 1. The summed E-state index contributed by atoms with van der Waals surface area (Å²) in [5.41, 5.74) is -0.625. The second-order valence-electron chi connectivity index (χ2n) is 5.65. The molecule has 0 aromatic heterocycles. The van der Waals surface area contributed by atoms with E-state index in [0.717, 1.165) is 19.3 Å². The molecule has 1 saturated heterocycles. The number of amides is 1. The van der Waals surface area contributed by atoms with Gasteiger partial charge in [0.2, 0.25) is 0 Å². The van der Waals surface area contributed by atoms with Crippen molar-refractivity contribution in [3.63, 3.8) is 0 Å². The van der Waals surface area contributed by atoms with Crippen LogP contribution < -0.4 is 0 Å². The Morgan fingerprint density at radius 3 is 1.78 bits per heavy atom. The van der Waals surface area contributed by atoms with Crippen molar-refractivity contribution >= 4 is 58.3 Å². The minimum absolute atomic E-state index is 0.0304. The molecule has 1 aliphatic rings. The van der Waals surface area contributed by atoms with Crippen LogP contribution in [0.3, 0.4) is 0 Å². The lowest BCUT2D eigenvalue weighted by atomic mass is 9.95. The molecule has 1 heterocycles. The molecule has 1 N–H and O–H groups in total. The third kappa shape index (κ3) is 3.27. The van der Waals surface area contributed by atoms with Crippen molar-refractivity contribution in [2.75, 3.05) is 0 Å². The molecule has 1 fully saturated rings. The minimum Gasteiger partial charge on any atom is -0.478 e. The highest BCUT2D eigenvalue weighted by atomic mass is 35.5. The molecule has 0 spiro atoms. The number of halogens is 4. The van der Waals surface area contributed by atoms with Gasteiger partial charge in [-0.3, -0.25) is 4.79 Å². The maximum atomic E-state index is 13.0. The average Bonchev–Trinajstić information content (AvgIpc) is 2.47. The summed E-state index contributed by atoms with van der Waals surface area (Å²) in [4.78, 5) is 26.2. The maximum absolute atomic E-state index is 13.0. The Bertz CT molecular complexity index is 667. The van der Waals surface area contributed by atoms with Crippen LogP contribution >= 0.6 is 46.4 Å². The molecule has 0 aliphatic carbocycles. The van der Waals surface area contributed by atoms with Crippen LogP contribution in [-0.4, -0.2) is 34.0 Å². The Morgan fingerprint density at radius 1 is 0.913 bits per heavy atom. The number of carboxylic acid groups (broad SMARTS) is 1. The van der Waals surface area contributed by atoms with E-state index in [9.17, 15) is 14.7 Å². The third-order valence-electron chi connectivity index (χ3n) is 4.12. The Kier molecular flexibility index (Phi) is 5.72. The van der Waals surface area contributed by atoms with Gasteiger partial charge in [-0.15, -0.1) is 0 Å². The number of rotatable bonds is 2. The van der Waals surface area contributed by atoms with E-state index in [0.29, 0.717) is 0 Å². The molecule has 126 valence electrons. The summed E-state index contributed by atoms with van der Waals surface area (Å²) < 4.78 is 0. The number of hydrogen-bond donors (Lipinski definition) is 1. The summed E-state index contributed by atoms with van der Waals surface area (Å²) in [7, 11) is 0. The van der Waals surface area contributed by atoms with Crippen LogP contribution in [0.2, 0.25) is 20.1 Å². The zero-order chi connectivity index (χ0) is 17.5. The molecule has 1 aromatic carbocycles. The monoisotopic (exact) mass is 397 g/mol. The molecule has 1 aromatic rings. The fraction of sp³-hybridized carbons (Fsp3) is 0.467. The summed E-state index contributed by atoms with van der Waals surface area (Å²) >= 11 is 24.1. The molecule has 2 rings (SSSR count). The standard InChI is InChI=1S/C15H15Cl4NO3/c1-6-4-3-5-7(2)20(6)14(21)8-9(15(22)23)11(17)13(19)12(18)10(8)16/h6-7H,3-5H2,1-2H3,(H,22,23)/t6-,7-/m0/s1. The van der Waals surface area contributed by atoms with E-state index in [2.05, 4.69) is 0 Å². The number of nitrogens with zero attached hydrogens (tertiary/aromatic N) is 1. The van der Waals surface area contributed by atoms with Crippen LogP contribution in [0.1, 0.15) is 53.8 Å². The Labute approximate surface area is 154 Å². The largest absolute Gasteiger partial charge is 0.478 e. The topological polar surface area (TPSA) is 57.6 Å². The number of likely N-dealkylation sites (tertiary alicyclic amines) is 1. The third-order valence-corrected chi connectivity index (χ3v) is 5.92. The van der Waals surface area contributed by atoms with Gasteiger partial charge in [-0.25, -0.2) is 4.79 Å². The molecule has 0 saturated carbocycles. The highest BCUT2D eigenvalue weighted by Crippen LogP contribution is 2.42. The van der Waals surface area contributed by atoms with Crippen LogP contribution in [-0.2, 0) is 0 Å². The van der Waals surface area contributed by atoms with Gasteiger partial charge in [-0.1, -0.05) is 46.4 Å². The highest BCUT2D eigenvalue weighted by Gasteiger charge is 2.36. The van der Waals surface area contributed by atoms with Gasteiger partial charge in [0.1, 0.15) is 0 Å². The SMILES string of the molecule is C[C@H]1CCC[C@H](C)N1C(=O)c1c(Cl)c(Cl)c(Cl)c(Cl)c1C(=O)O. The summed E-state index contributed by atoms with van der Waals surface area (Å²) in [6, 6.07) is -0.0608. The van der Waals surface area contributed by atoms with E-state index in [1.165, 1.54) is 0 Å². The molecule has 4 nitrogen and oxygen atoms in total. The fourth-order valence-corrected chi connectivity index (χ4v) is 4.00. The summed E-state index contributed by atoms with van der Waals surface area (Å²) in [5.74, 6) is -1.87. The van der Waals surface area contributed by atoms with E-state index in [1.54, 1.807) is 4.90 Å². The van der Waals surface area contributed by atoms with Gasteiger partial charge in [0, 0.05) is 12.1 Å². The second-order valence-corrected chi connectivity index (χ2v) is 7.16. The number of carbonyl (C=O) groups is 2. The van der Waals surface area contributed by atoms with Crippen molar-refractivity contribution in [3.8, 4) is 0 Å². The van der Waals surface area contributed by atoms with E-state index in [-0.39, 0.29) is 37.7 Å². The molecule has 8 heteroatoms. The molecule has 0 radical (unpaired) electrons. The molecular formula is C15H15Cl4NO3. The normalized spacial score (nSPS) is 21.4. The van der Waals surface area contributed by atoms with Crippen molar-refractivity contribution < 1.29 is 14.7 Å². The predicted octanol–water partition coefficient (Wildman–Crippen LogP) is 5.40. The smallest absolute Gasteiger partial charge is 0.338 e. The molecule has 0 unspecified atom stereocenters. The van der Waals surface area contributed by atoms with E-state index >= 15 is 0 Å². The quantitative estimate of drug-likeness (QED) is 0.535. The number of carboxylic acids is 1. The van der Waals surface area contributed by atoms with Crippen molar-refractivity contribution in [1.29, 1.82) is 0 Å². The summed E-state index contributed by atoms with van der Waals surface area (Å²) in [6.45, 7) is 3.84. The lowest BCUT2D eigenvalue weighted by Crippen LogP contribution is -2.48. The van der Waals surface area contributed by atoms with Gasteiger partial charge in [0.05, 0.1) is 31.2 Å². The first kappa shape index (κ1) is 18.7. The second kappa shape index (κ2) is 7.06. The molecule has 1 aliphatic heterocycles. The zero-order valence-electron chi connectivity index (χ0n) is 12.5. The van der Waals surface area contributed by atoms with Gasteiger partial charge in [-0.2, -0.15) is 0 Å². The maximum Gasteiger partial charge on any atom is 0.338 e. The zero-order valence-corrected chi connectivity index (χ0v) is 15.5. The minimum atomic E-state index is -1.38. The lowest BCUT2D eigenvalue weighted by molar-refractivity contribution is 0.0501. The number of piperidine rings is 1. The van der Waals surface area contributed by atoms with Gasteiger partial charge < -0.3 is 10.0 Å². The first-order valence-electron chi connectivity index (χ1n) is 7.10. The van der Waals surface area contributed by atoms with Gasteiger partial charge >= 0.3 is 5.97 Å². The number of carbonyl (C=O) groups excluding carboxylic acids is 1. The first-order chi connectivity index (χ1) is 10.7. The van der Waals surface area contributed by atoms with Gasteiger partial charge in [0.25, 0.3) is 5.91 Å². The van der Waals surface area contributed by atoms with E-state index in [4.69, 9.17) is 46.4 Å². The molecular weight excluding hydrogens is 384 g/mol. The summed E-state index contributed by atoms with van der Waals surface area (Å²) in [5, 5.41) is 8.68. The van der Waals surface area contributed by atoms with E-state index in [1.807, 2.05) is 13.8 Å². The Balaban J connectivity index is 2.66. The van der Waals surface area contributed by atoms with Crippen LogP contribution in [0.5, 0.6) is 0 Å². The van der Waals surface area contributed by atoms with Gasteiger partial charge in [-0.05, 0) is 33.1 Å². The Morgan fingerprint density at radius 2 is 1.35 bits per heavy atom. The van der Waals surface area contributed by atoms with Crippen LogP contribution in [0, 0.1) is 0 Å². The van der Waals surface area contributed by atoms with Crippen molar-refractivity contribution in [3.05, 3.63) is 31.2 Å². The van der Waals surface area contributed by atoms with Crippen LogP contribution in [0.15, 0.2) is 0 Å². The van der Waals surface area contributed by atoms with Crippen LogP contribution in [0.25, 0.3) is 0 Å². The molecule has 23 heavy (non-hydrogen) atoms. The number of aromatic carboxylic acids is 1. The molecule has 0 bridgehead atoms. The van der Waals surface area contributed by atoms with E-state index < -0.39 is 17.4 Å². The number of hydrogen-bond acceptors (Lipinski definition) is 2.